The van der Waals surface area contributed by atoms with Crippen LogP contribution in [0.3, 0.4) is 0 Å². The summed E-state index contributed by atoms with van der Waals surface area (Å²) in [6.07, 6.45) is 0.562. The molecule has 0 atom stereocenters. The number of rotatable bonds is 5. The monoisotopic (exact) mass is 211 g/mol. The Labute approximate surface area is 87.9 Å². The van der Waals surface area contributed by atoms with Crippen molar-refractivity contribution >= 4 is 12.1 Å². The molecular weight excluding hydrogens is 198 g/mol. The third-order valence-corrected chi connectivity index (χ3v) is 1.92. The average Bonchev–Trinajstić information content (AvgIpc) is 2.29. The SMILES string of the molecule is COc1cc(OC)c(NC=O)c(OC)c1. The van der Waals surface area contributed by atoms with Crippen LogP contribution < -0.4 is 19.5 Å². The van der Waals surface area contributed by atoms with Gasteiger partial charge in [0.25, 0.3) is 0 Å². The largest absolute Gasteiger partial charge is 0.496 e. The van der Waals surface area contributed by atoms with Crippen LogP contribution in [0.2, 0.25) is 0 Å². The fourth-order valence-electron chi connectivity index (χ4n) is 1.21. The summed E-state index contributed by atoms with van der Waals surface area (Å²) in [7, 11) is 4.55. The van der Waals surface area contributed by atoms with Crippen molar-refractivity contribution in [2.75, 3.05) is 26.6 Å². The van der Waals surface area contributed by atoms with Crippen LogP contribution in [0.15, 0.2) is 12.1 Å². The standard InChI is InChI=1S/C10H13NO4/c1-13-7-4-8(14-2)10(11-6-12)9(5-7)15-3/h4-6H,1-3H3,(H,11,12). The van der Waals surface area contributed by atoms with Crippen LogP contribution in [0.5, 0.6) is 17.2 Å². The molecule has 0 aliphatic carbocycles. The Kier molecular flexibility index (Phi) is 3.79. The summed E-state index contributed by atoms with van der Waals surface area (Å²) < 4.78 is 15.3. The lowest BCUT2D eigenvalue weighted by Crippen LogP contribution is -2.01. The highest BCUT2D eigenvalue weighted by Crippen LogP contribution is 2.38. The third-order valence-electron chi connectivity index (χ3n) is 1.92. The predicted molar refractivity (Wildman–Crippen MR) is 55.8 cm³/mol. The van der Waals surface area contributed by atoms with E-state index in [4.69, 9.17) is 14.2 Å². The normalized spacial score (nSPS) is 9.27. The molecule has 5 heteroatoms. The first kappa shape index (κ1) is 11.2. The molecule has 0 aliphatic rings. The van der Waals surface area contributed by atoms with Crippen molar-refractivity contribution in [3.8, 4) is 17.2 Å². The molecule has 0 heterocycles. The molecule has 0 unspecified atom stereocenters. The van der Waals surface area contributed by atoms with Gasteiger partial charge in [0.2, 0.25) is 6.41 Å². The quantitative estimate of drug-likeness (QED) is 0.745. The van der Waals surface area contributed by atoms with E-state index >= 15 is 0 Å². The lowest BCUT2D eigenvalue weighted by atomic mass is 10.2. The molecular formula is C10H13NO4. The van der Waals surface area contributed by atoms with Crippen LogP contribution in [0.4, 0.5) is 5.69 Å². The van der Waals surface area contributed by atoms with Gasteiger partial charge in [0.05, 0.1) is 21.3 Å². The van der Waals surface area contributed by atoms with E-state index in [1.54, 1.807) is 19.2 Å². The molecule has 0 saturated heterocycles. The minimum absolute atomic E-state index is 0.482. The highest BCUT2D eigenvalue weighted by Gasteiger charge is 2.12. The summed E-state index contributed by atoms with van der Waals surface area (Å²) in [5, 5.41) is 2.51. The molecule has 0 bridgehead atoms. The highest BCUT2D eigenvalue weighted by molar-refractivity contribution is 5.81. The Morgan fingerprint density at radius 3 is 1.93 bits per heavy atom. The van der Waals surface area contributed by atoms with Crippen LogP contribution in [-0.2, 0) is 4.79 Å². The van der Waals surface area contributed by atoms with E-state index in [2.05, 4.69) is 5.32 Å². The maximum Gasteiger partial charge on any atom is 0.211 e. The number of methoxy groups -OCH3 is 3. The van der Waals surface area contributed by atoms with E-state index in [9.17, 15) is 4.79 Å². The van der Waals surface area contributed by atoms with Crippen molar-refractivity contribution in [1.82, 2.24) is 0 Å². The summed E-state index contributed by atoms with van der Waals surface area (Å²) >= 11 is 0. The van der Waals surface area contributed by atoms with E-state index in [-0.39, 0.29) is 0 Å². The molecule has 5 nitrogen and oxygen atoms in total. The van der Waals surface area contributed by atoms with Gasteiger partial charge in [-0.3, -0.25) is 4.79 Å². The third kappa shape index (κ3) is 2.31. The second kappa shape index (κ2) is 5.09. The first-order valence-corrected chi connectivity index (χ1v) is 4.27. The Morgan fingerprint density at radius 1 is 1.07 bits per heavy atom. The second-order valence-corrected chi connectivity index (χ2v) is 2.67. The Bertz CT molecular complexity index is 326. The van der Waals surface area contributed by atoms with Crippen molar-refractivity contribution in [3.05, 3.63) is 12.1 Å². The van der Waals surface area contributed by atoms with Gasteiger partial charge in [-0.25, -0.2) is 0 Å². The zero-order valence-corrected chi connectivity index (χ0v) is 8.87. The van der Waals surface area contributed by atoms with Crippen molar-refractivity contribution in [2.45, 2.75) is 0 Å². The van der Waals surface area contributed by atoms with Crippen molar-refractivity contribution < 1.29 is 19.0 Å². The number of nitrogens with one attached hydrogen (secondary N) is 1. The lowest BCUT2D eigenvalue weighted by Gasteiger charge is -2.13. The van der Waals surface area contributed by atoms with Gasteiger partial charge < -0.3 is 19.5 Å². The van der Waals surface area contributed by atoms with Gasteiger partial charge in [-0.1, -0.05) is 0 Å². The maximum atomic E-state index is 10.4. The van der Waals surface area contributed by atoms with Crippen LogP contribution in [0, 0.1) is 0 Å². The van der Waals surface area contributed by atoms with E-state index in [0.717, 1.165) is 0 Å². The van der Waals surface area contributed by atoms with Gasteiger partial charge in [-0.15, -0.1) is 0 Å². The van der Waals surface area contributed by atoms with Gasteiger partial charge in [-0.2, -0.15) is 0 Å². The molecule has 0 fully saturated rings. The molecule has 1 rings (SSSR count). The van der Waals surface area contributed by atoms with E-state index < -0.39 is 0 Å². The summed E-state index contributed by atoms with van der Waals surface area (Å²) in [5.41, 5.74) is 0.482. The van der Waals surface area contributed by atoms with Crippen molar-refractivity contribution in [2.24, 2.45) is 0 Å². The zero-order chi connectivity index (χ0) is 11.3. The highest BCUT2D eigenvalue weighted by atomic mass is 16.5. The number of amides is 1. The van der Waals surface area contributed by atoms with E-state index in [1.165, 1.54) is 14.2 Å². The van der Waals surface area contributed by atoms with E-state index in [1.807, 2.05) is 0 Å². The van der Waals surface area contributed by atoms with Gasteiger partial charge in [0.1, 0.15) is 22.9 Å². The fraction of sp³-hybridized carbons (Fsp3) is 0.300. The summed E-state index contributed by atoms with van der Waals surface area (Å²) in [6.45, 7) is 0. The molecule has 1 aromatic carbocycles. The molecule has 1 amide bonds. The molecule has 0 radical (unpaired) electrons. The fourth-order valence-corrected chi connectivity index (χ4v) is 1.21. The van der Waals surface area contributed by atoms with Crippen molar-refractivity contribution in [1.29, 1.82) is 0 Å². The Hall–Kier alpha value is -1.91. The first-order valence-electron chi connectivity index (χ1n) is 4.27. The number of hydrogen-bond donors (Lipinski definition) is 1. The maximum absolute atomic E-state index is 10.4. The zero-order valence-electron chi connectivity index (χ0n) is 8.87. The molecule has 1 aromatic rings. The first-order chi connectivity index (χ1) is 7.26. The minimum Gasteiger partial charge on any atom is -0.496 e. The molecule has 0 aliphatic heterocycles. The smallest absolute Gasteiger partial charge is 0.211 e. The Morgan fingerprint density at radius 2 is 1.60 bits per heavy atom. The number of hydrogen-bond acceptors (Lipinski definition) is 4. The van der Waals surface area contributed by atoms with Gasteiger partial charge in [-0.05, 0) is 0 Å². The second-order valence-electron chi connectivity index (χ2n) is 2.67. The summed E-state index contributed by atoms with van der Waals surface area (Å²) in [4.78, 5) is 10.4. The van der Waals surface area contributed by atoms with Crippen LogP contribution >= 0.6 is 0 Å². The Balaban J connectivity index is 3.25. The van der Waals surface area contributed by atoms with Gasteiger partial charge in [0.15, 0.2) is 0 Å². The van der Waals surface area contributed by atoms with Crippen LogP contribution in [0.1, 0.15) is 0 Å². The van der Waals surface area contributed by atoms with Crippen LogP contribution in [-0.4, -0.2) is 27.7 Å². The molecule has 82 valence electrons. The number of carbonyl (C=O) groups is 1. The van der Waals surface area contributed by atoms with E-state index in [0.29, 0.717) is 29.3 Å². The topological polar surface area (TPSA) is 56.8 Å². The van der Waals surface area contributed by atoms with Gasteiger partial charge in [0, 0.05) is 12.1 Å². The number of benzene rings is 1. The predicted octanol–water partition coefficient (Wildman–Crippen LogP) is 1.28. The van der Waals surface area contributed by atoms with Crippen LogP contribution in [0.25, 0.3) is 0 Å². The number of anilines is 1. The van der Waals surface area contributed by atoms with Crippen molar-refractivity contribution in [3.63, 3.8) is 0 Å². The summed E-state index contributed by atoms with van der Waals surface area (Å²) in [6, 6.07) is 3.32. The molecule has 0 spiro atoms. The molecule has 0 saturated carbocycles. The molecule has 15 heavy (non-hydrogen) atoms. The number of ether oxygens (including phenoxy) is 3. The summed E-state index contributed by atoms with van der Waals surface area (Å²) in [5.74, 6) is 1.57. The lowest BCUT2D eigenvalue weighted by molar-refractivity contribution is -0.105. The number of carbonyl (C=O) groups excluding carboxylic acids is 1. The molecule has 0 aromatic heterocycles. The van der Waals surface area contributed by atoms with Gasteiger partial charge >= 0.3 is 0 Å². The minimum atomic E-state index is 0.482. The average molecular weight is 211 g/mol. The molecule has 1 N–H and O–H groups in total.